The molecule has 10 rings (SSSR count). The van der Waals surface area contributed by atoms with E-state index in [0.717, 1.165) is 12.1 Å². The van der Waals surface area contributed by atoms with Gasteiger partial charge in [-0.15, -0.1) is 0 Å². The SMILES string of the molecule is C1=CC(c2ccccc2)CC=C1N(c1ccc(-c2ccc3c(c2)c2ccccc2n3-c2ccccc2)c(-c2ccccc2)c1)c1cccc2ccccc12. The molecule has 8 aromatic carbocycles. The van der Waals surface area contributed by atoms with E-state index in [4.69, 9.17) is 0 Å². The first-order valence-corrected chi connectivity index (χ1v) is 18.8. The topological polar surface area (TPSA) is 8.17 Å². The maximum Gasteiger partial charge on any atom is 0.0541 e. The summed E-state index contributed by atoms with van der Waals surface area (Å²) >= 11 is 0. The van der Waals surface area contributed by atoms with E-state index >= 15 is 0 Å². The van der Waals surface area contributed by atoms with E-state index in [1.54, 1.807) is 0 Å². The first-order valence-electron chi connectivity index (χ1n) is 18.8. The summed E-state index contributed by atoms with van der Waals surface area (Å²) in [6.07, 6.45) is 8.04. The average molecular weight is 691 g/mol. The fourth-order valence-corrected chi connectivity index (χ4v) is 8.33. The van der Waals surface area contributed by atoms with Crippen LogP contribution in [0.15, 0.2) is 218 Å². The molecule has 0 bridgehead atoms. The number of hydrogen-bond donors (Lipinski definition) is 0. The highest BCUT2D eigenvalue weighted by molar-refractivity contribution is 6.11. The Morgan fingerprint density at radius 1 is 0.481 bits per heavy atom. The Labute approximate surface area is 316 Å². The third kappa shape index (κ3) is 5.60. The summed E-state index contributed by atoms with van der Waals surface area (Å²) in [5.74, 6) is 0.356. The fourth-order valence-electron chi connectivity index (χ4n) is 8.33. The molecule has 0 saturated heterocycles. The molecule has 9 aromatic rings. The molecule has 0 amide bonds. The minimum absolute atomic E-state index is 0.356. The molecule has 1 heterocycles. The molecule has 1 aliphatic carbocycles. The van der Waals surface area contributed by atoms with Gasteiger partial charge in [0.1, 0.15) is 0 Å². The van der Waals surface area contributed by atoms with Gasteiger partial charge in [-0.25, -0.2) is 0 Å². The highest BCUT2D eigenvalue weighted by Crippen LogP contribution is 2.43. The molecule has 1 aromatic heterocycles. The van der Waals surface area contributed by atoms with Crippen LogP contribution in [0.1, 0.15) is 17.9 Å². The van der Waals surface area contributed by atoms with Gasteiger partial charge in [-0.05, 0) is 94.2 Å². The number of aromatic nitrogens is 1. The molecule has 1 aliphatic rings. The number of rotatable bonds is 7. The third-order valence-corrected chi connectivity index (χ3v) is 10.9. The predicted molar refractivity (Wildman–Crippen MR) is 229 cm³/mol. The summed E-state index contributed by atoms with van der Waals surface area (Å²) < 4.78 is 2.38. The number of hydrogen-bond acceptors (Lipinski definition) is 1. The second-order valence-corrected chi connectivity index (χ2v) is 14.1. The Bertz CT molecular complexity index is 2840. The zero-order valence-electron chi connectivity index (χ0n) is 29.9. The van der Waals surface area contributed by atoms with Crippen LogP contribution in [0.4, 0.5) is 11.4 Å². The van der Waals surface area contributed by atoms with Gasteiger partial charge in [0.05, 0.1) is 16.7 Å². The van der Waals surface area contributed by atoms with E-state index in [2.05, 4.69) is 222 Å². The van der Waals surface area contributed by atoms with Gasteiger partial charge < -0.3 is 9.47 Å². The number of fused-ring (bicyclic) bond motifs is 4. The number of benzene rings is 8. The lowest BCUT2D eigenvalue weighted by Gasteiger charge is -2.31. The van der Waals surface area contributed by atoms with Crippen molar-refractivity contribution in [2.24, 2.45) is 0 Å². The van der Waals surface area contributed by atoms with E-state index in [9.17, 15) is 0 Å². The summed E-state index contributed by atoms with van der Waals surface area (Å²) in [4.78, 5) is 2.45. The standard InChI is InChI=1S/C52H38N2/c1-4-15-37(16-5-1)38-27-30-43(31-28-38)53(50-26-14-20-39-19-10-11-23-46(39)50)44-32-33-45(48(36-44)40-17-6-2-7-18-40)41-29-34-52-49(35-41)47-24-12-13-25-51(47)54(52)42-21-8-3-9-22-42/h1-27,29-36,38H,28H2. The molecule has 256 valence electrons. The maximum atomic E-state index is 2.45. The van der Waals surface area contributed by atoms with Crippen LogP contribution in [0.3, 0.4) is 0 Å². The largest absolute Gasteiger partial charge is 0.310 e. The molecule has 0 fully saturated rings. The zero-order chi connectivity index (χ0) is 35.8. The van der Waals surface area contributed by atoms with Crippen LogP contribution >= 0.6 is 0 Å². The normalized spacial score (nSPS) is 14.1. The summed E-state index contributed by atoms with van der Waals surface area (Å²) in [7, 11) is 0. The van der Waals surface area contributed by atoms with Crippen LogP contribution in [-0.4, -0.2) is 4.57 Å². The number of allylic oxidation sites excluding steroid dienone is 3. The predicted octanol–water partition coefficient (Wildman–Crippen LogP) is 14.0. The average Bonchev–Trinajstić information content (AvgIpc) is 3.59. The minimum atomic E-state index is 0.356. The van der Waals surface area contributed by atoms with Crippen LogP contribution in [0.2, 0.25) is 0 Å². The molecule has 1 unspecified atom stereocenters. The van der Waals surface area contributed by atoms with Crippen LogP contribution < -0.4 is 4.90 Å². The Kier molecular flexibility index (Phi) is 8.00. The van der Waals surface area contributed by atoms with Crippen LogP contribution in [-0.2, 0) is 0 Å². The molecular weight excluding hydrogens is 653 g/mol. The van der Waals surface area contributed by atoms with Gasteiger partial charge in [0.25, 0.3) is 0 Å². The van der Waals surface area contributed by atoms with Gasteiger partial charge in [0.15, 0.2) is 0 Å². The van der Waals surface area contributed by atoms with Crippen LogP contribution in [0.25, 0.3) is 60.5 Å². The lowest BCUT2D eigenvalue weighted by atomic mass is 9.90. The zero-order valence-corrected chi connectivity index (χ0v) is 29.9. The Hall–Kier alpha value is -6.90. The van der Waals surface area contributed by atoms with Gasteiger partial charge in [0.2, 0.25) is 0 Å². The van der Waals surface area contributed by atoms with E-state index in [1.807, 2.05) is 0 Å². The van der Waals surface area contributed by atoms with Crippen molar-refractivity contribution in [2.75, 3.05) is 4.90 Å². The summed E-state index contributed by atoms with van der Waals surface area (Å²) in [5.41, 5.74) is 13.2. The minimum Gasteiger partial charge on any atom is -0.310 e. The second-order valence-electron chi connectivity index (χ2n) is 14.1. The summed E-state index contributed by atoms with van der Waals surface area (Å²) in [6.45, 7) is 0. The number of anilines is 2. The van der Waals surface area contributed by atoms with Crippen molar-refractivity contribution in [1.82, 2.24) is 4.57 Å². The van der Waals surface area contributed by atoms with Crippen molar-refractivity contribution in [2.45, 2.75) is 12.3 Å². The van der Waals surface area contributed by atoms with E-state index in [-0.39, 0.29) is 0 Å². The molecule has 2 nitrogen and oxygen atoms in total. The molecule has 0 radical (unpaired) electrons. The Morgan fingerprint density at radius 2 is 1.17 bits per heavy atom. The molecule has 0 aliphatic heterocycles. The monoisotopic (exact) mass is 690 g/mol. The summed E-state index contributed by atoms with van der Waals surface area (Å²) in [6, 6.07) is 70.4. The van der Waals surface area contributed by atoms with Gasteiger partial charge in [-0.2, -0.15) is 0 Å². The fraction of sp³-hybridized carbons (Fsp3) is 0.0385. The van der Waals surface area contributed by atoms with Gasteiger partial charge >= 0.3 is 0 Å². The Balaban J connectivity index is 1.15. The number of para-hydroxylation sites is 2. The molecule has 0 spiro atoms. The van der Waals surface area contributed by atoms with Crippen molar-refractivity contribution in [3.63, 3.8) is 0 Å². The van der Waals surface area contributed by atoms with Crippen molar-refractivity contribution >= 4 is 44.0 Å². The molecular formula is C52H38N2. The van der Waals surface area contributed by atoms with Gasteiger partial charge in [-0.3, -0.25) is 0 Å². The van der Waals surface area contributed by atoms with Crippen LogP contribution in [0, 0.1) is 0 Å². The second kappa shape index (κ2) is 13.6. The molecule has 0 saturated carbocycles. The van der Waals surface area contributed by atoms with E-state index < -0.39 is 0 Å². The quantitative estimate of drug-likeness (QED) is 0.162. The van der Waals surface area contributed by atoms with Crippen LogP contribution in [0.5, 0.6) is 0 Å². The Morgan fingerprint density at radius 3 is 1.96 bits per heavy atom. The van der Waals surface area contributed by atoms with Crippen molar-refractivity contribution < 1.29 is 0 Å². The lowest BCUT2D eigenvalue weighted by Crippen LogP contribution is -2.18. The van der Waals surface area contributed by atoms with Gasteiger partial charge in [0, 0.05) is 39.1 Å². The van der Waals surface area contributed by atoms with E-state index in [1.165, 1.54) is 77.5 Å². The highest BCUT2D eigenvalue weighted by Gasteiger charge is 2.22. The van der Waals surface area contributed by atoms with Crippen molar-refractivity contribution in [1.29, 1.82) is 0 Å². The first kappa shape index (κ1) is 31.8. The third-order valence-electron chi connectivity index (χ3n) is 10.9. The van der Waals surface area contributed by atoms with Gasteiger partial charge in [-0.1, -0.05) is 158 Å². The number of nitrogens with zero attached hydrogens (tertiary/aromatic N) is 2. The van der Waals surface area contributed by atoms with E-state index in [0.29, 0.717) is 5.92 Å². The molecule has 0 N–H and O–H groups in total. The maximum absolute atomic E-state index is 2.45. The first-order chi connectivity index (χ1) is 26.8. The van der Waals surface area contributed by atoms with Crippen molar-refractivity contribution in [3.8, 4) is 27.9 Å². The molecule has 1 atom stereocenters. The van der Waals surface area contributed by atoms with Crippen molar-refractivity contribution in [3.05, 3.63) is 224 Å². The highest BCUT2D eigenvalue weighted by atomic mass is 15.1. The molecule has 54 heavy (non-hydrogen) atoms. The smallest absolute Gasteiger partial charge is 0.0541 e. The summed E-state index contributed by atoms with van der Waals surface area (Å²) in [5, 5.41) is 4.96. The lowest BCUT2D eigenvalue weighted by molar-refractivity contribution is 0.840. The molecule has 2 heteroatoms.